The SMILES string of the molecule is C#C/C(O)=C(/C(=O)OCC)C(F)(F)F. The molecule has 3 nitrogen and oxygen atoms in total. The van der Waals surface area contributed by atoms with Crippen molar-refractivity contribution < 1.29 is 27.8 Å². The summed E-state index contributed by atoms with van der Waals surface area (Å²) in [5.41, 5.74) is -1.86. The van der Waals surface area contributed by atoms with E-state index in [-0.39, 0.29) is 6.61 Å². The van der Waals surface area contributed by atoms with E-state index in [9.17, 15) is 18.0 Å². The van der Waals surface area contributed by atoms with Gasteiger partial charge >= 0.3 is 12.1 Å². The fourth-order valence-electron chi connectivity index (χ4n) is 0.622. The highest BCUT2D eigenvalue weighted by Crippen LogP contribution is 2.28. The predicted octanol–water partition coefficient (Wildman–Crippen LogP) is 1.56. The summed E-state index contributed by atoms with van der Waals surface area (Å²) in [4.78, 5) is 10.7. The largest absolute Gasteiger partial charge is 0.500 e. The zero-order valence-corrected chi connectivity index (χ0v) is 7.18. The van der Waals surface area contributed by atoms with Crippen molar-refractivity contribution in [1.29, 1.82) is 0 Å². The first-order chi connectivity index (χ1) is 6.34. The molecule has 78 valence electrons. The van der Waals surface area contributed by atoms with Gasteiger partial charge in [-0.15, -0.1) is 6.42 Å². The van der Waals surface area contributed by atoms with Crippen LogP contribution in [-0.2, 0) is 9.53 Å². The van der Waals surface area contributed by atoms with Crippen LogP contribution in [0.4, 0.5) is 13.2 Å². The summed E-state index contributed by atoms with van der Waals surface area (Å²) in [6, 6.07) is 0. The third-order valence-corrected chi connectivity index (χ3v) is 1.14. The molecule has 14 heavy (non-hydrogen) atoms. The number of carbonyl (C=O) groups excluding carboxylic acids is 1. The Hall–Kier alpha value is -1.64. The van der Waals surface area contributed by atoms with E-state index in [1.165, 1.54) is 12.8 Å². The highest BCUT2D eigenvalue weighted by Gasteiger charge is 2.42. The predicted molar refractivity (Wildman–Crippen MR) is 41.2 cm³/mol. The second-order valence-electron chi connectivity index (χ2n) is 2.09. The van der Waals surface area contributed by atoms with Crippen LogP contribution in [0.1, 0.15) is 6.92 Å². The maximum atomic E-state index is 12.1. The molecule has 0 radical (unpaired) electrons. The average Bonchev–Trinajstić information content (AvgIpc) is 2.02. The van der Waals surface area contributed by atoms with Gasteiger partial charge in [-0.3, -0.25) is 0 Å². The van der Waals surface area contributed by atoms with E-state index in [1.807, 2.05) is 0 Å². The summed E-state index contributed by atoms with van der Waals surface area (Å²) < 4.78 is 40.4. The number of hydrogen-bond acceptors (Lipinski definition) is 3. The molecule has 1 N–H and O–H groups in total. The van der Waals surface area contributed by atoms with Crippen LogP contribution < -0.4 is 0 Å². The Balaban J connectivity index is 5.17. The van der Waals surface area contributed by atoms with Crippen LogP contribution in [0.25, 0.3) is 0 Å². The van der Waals surface area contributed by atoms with Gasteiger partial charge in [0.25, 0.3) is 0 Å². The lowest BCUT2D eigenvalue weighted by Gasteiger charge is -2.10. The van der Waals surface area contributed by atoms with Gasteiger partial charge in [0.15, 0.2) is 11.3 Å². The smallest absolute Gasteiger partial charge is 0.427 e. The van der Waals surface area contributed by atoms with Crippen molar-refractivity contribution >= 4 is 5.97 Å². The number of terminal acetylenes is 1. The first kappa shape index (κ1) is 12.4. The monoisotopic (exact) mass is 208 g/mol. The molecule has 0 heterocycles. The molecule has 0 amide bonds. The molecule has 0 saturated carbocycles. The Morgan fingerprint density at radius 3 is 2.36 bits per heavy atom. The Bertz CT molecular complexity index is 296. The Labute approximate surface area is 78.2 Å². The Morgan fingerprint density at radius 1 is 1.57 bits per heavy atom. The number of carbonyl (C=O) groups is 1. The number of alkyl halides is 3. The maximum absolute atomic E-state index is 12.1. The van der Waals surface area contributed by atoms with Crippen molar-refractivity contribution in [1.82, 2.24) is 0 Å². The van der Waals surface area contributed by atoms with Gasteiger partial charge in [0, 0.05) is 0 Å². The van der Waals surface area contributed by atoms with E-state index in [0.29, 0.717) is 0 Å². The lowest BCUT2D eigenvalue weighted by atomic mass is 10.2. The number of aliphatic hydroxyl groups excluding tert-OH is 1. The number of allylic oxidation sites excluding steroid dienone is 1. The first-order valence-corrected chi connectivity index (χ1v) is 3.48. The van der Waals surface area contributed by atoms with Crippen molar-refractivity contribution in [2.45, 2.75) is 13.1 Å². The van der Waals surface area contributed by atoms with Crippen LogP contribution in [0.5, 0.6) is 0 Å². The van der Waals surface area contributed by atoms with Crippen LogP contribution in [0.2, 0.25) is 0 Å². The van der Waals surface area contributed by atoms with E-state index in [1.54, 1.807) is 0 Å². The minimum atomic E-state index is -5.03. The standard InChI is InChI=1S/C8H7F3O3/c1-3-5(12)6(8(9,10)11)7(13)14-4-2/h1,12H,4H2,2H3/b6-5+. The van der Waals surface area contributed by atoms with E-state index < -0.39 is 23.5 Å². The molecular formula is C8H7F3O3. The molecule has 0 aromatic heterocycles. The van der Waals surface area contributed by atoms with Gasteiger partial charge in [-0.05, 0) is 12.8 Å². The normalized spacial score (nSPS) is 12.8. The van der Waals surface area contributed by atoms with E-state index >= 15 is 0 Å². The third kappa shape index (κ3) is 3.01. The van der Waals surface area contributed by atoms with Crippen LogP contribution in [0.15, 0.2) is 11.3 Å². The number of hydrogen-bond donors (Lipinski definition) is 1. The first-order valence-electron chi connectivity index (χ1n) is 3.48. The second kappa shape index (κ2) is 4.56. The fourth-order valence-corrected chi connectivity index (χ4v) is 0.622. The Kier molecular flexibility index (Phi) is 4.02. The van der Waals surface area contributed by atoms with Gasteiger partial charge in [-0.2, -0.15) is 13.2 Å². The van der Waals surface area contributed by atoms with Gasteiger partial charge in [0.1, 0.15) is 0 Å². The highest BCUT2D eigenvalue weighted by atomic mass is 19.4. The number of rotatable bonds is 2. The van der Waals surface area contributed by atoms with Crippen LogP contribution in [-0.4, -0.2) is 23.9 Å². The molecule has 0 aromatic rings. The maximum Gasteiger partial charge on any atom is 0.427 e. The van der Waals surface area contributed by atoms with Gasteiger partial charge in [0.2, 0.25) is 0 Å². The van der Waals surface area contributed by atoms with Gasteiger partial charge in [-0.25, -0.2) is 4.79 Å². The van der Waals surface area contributed by atoms with E-state index in [0.717, 1.165) is 0 Å². The number of halogens is 3. The molecule has 0 spiro atoms. The van der Waals surface area contributed by atoms with Gasteiger partial charge in [-0.1, -0.05) is 0 Å². The van der Waals surface area contributed by atoms with Crippen LogP contribution in [0, 0.1) is 12.3 Å². The molecule has 0 fully saturated rings. The van der Waals surface area contributed by atoms with E-state index in [2.05, 4.69) is 11.2 Å². The summed E-state index contributed by atoms with van der Waals surface area (Å²) in [6.07, 6.45) is -0.487. The van der Waals surface area contributed by atoms with Gasteiger partial charge < -0.3 is 9.84 Å². The lowest BCUT2D eigenvalue weighted by molar-refractivity contribution is -0.151. The summed E-state index contributed by atoms with van der Waals surface area (Å²) in [6.45, 7) is 1.09. The van der Waals surface area contributed by atoms with Crippen molar-refractivity contribution in [3.05, 3.63) is 11.3 Å². The number of ether oxygens (including phenoxy) is 1. The van der Waals surface area contributed by atoms with Crippen molar-refractivity contribution in [2.24, 2.45) is 0 Å². The third-order valence-electron chi connectivity index (χ3n) is 1.14. The topological polar surface area (TPSA) is 46.5 Å². The Morgan fingerprint density at radius 2 is 2.07 bits per heavy atom. The molecule has 0 unspecified atom stereocenters. The lowest BCUT2D eigenvalue weighted by Crippen LogP contribution is -2.24. The molecule has 0 atom stereocenters. The van der Waals surface area contributed by atoms with Crippen LogP contribution >= 0.6 is 0 Å². The minimum absolute atomic E-state index is 0.240. The van der Waals surface area contributed by atoms with Crippen molar-refractivity contribution in [2.75, 3.05) is 6.61 Å². The quantitative estimate of drug-likeness (QED) is 0.324. The van der Waals surface area contributed by atoms with Crippen LogP contribution in [0.3, 0.4) is 0 Å². The zero-order valence-electron chi connectivity index (χ0n) is 7.18. The van der Waals surface area contributed by atoms with Crippen molar-refractivity contribution in [3.8, 4) is 12.3 Å². The molecule has 0 rings (SSSR count). The molecule has 0 aromatic carbocycles. The summed E-state index contributed by atoms with van der Waals surface area (Å²) in [7, 11) is 0. The molecular weight excluding hydrogens is 201 g/mol. The molecule has 0 bridgehead atoms. The summed E-state index contributed by atoms with van der Waals surface area (Å²) >= 11 is 0. The summed E-state index contributed by atoms with van der Waals surface area (Å²) in [5, 5.41) is 8.67. The zero-order chi connectivity index (χ0) is 11.4. The highest BCUT2D eigenvalue weighted by molar-refractivity contribution is 5.91. The fraction of sp³-hybridized carbons (Fsp3) is 0.375. The minimum Gasteiger partial charge on any atom is -0.500 e. The molecule has 6 heteroatoms. The molecule has 0 aliphatic rings. The summed E-state index contributed by atoms with van der Waals surface area (Å²) in [5.74, 6) is -1.84. The number of aliphatic hydroxyl groups is 1. The van der Waals surface area contributed by atoms with Crippen molar-refractivity contribution in [3.63, 3.8) is 0 Å². The average molecular weight is 208 g/mol. The molecule has 0 aliphatic carbocycles. The number of esters is 1. The van der Waals surface area contributed by atoms with E-state index in [4.69, 9.17) is 5.11 Å². The van der Waals surface area contributed by atoms with Gasteiger partial charge in [0.05, 0.1) is 6.61 Å². The molecule has 0 aliphatic heterocycles. The molecule has 0 saturated heterocycles. The second-order valence-corrected chi connectivity index (χ2v) is 2.09.